The molecule has 6 nitrogen and oxygen atoms in total. The van der Waals surface area contributed by atoms with Crippen LogP contribution in [0, 0.1) is 13.8 Å². The number of aryl methyl sites for hydroxylation is 2. The fourth-order valence-corrected chi connectivity index (χ4v) is 2.47. The van der Waals surface area contributed by atoms with E-state index in [2.05, 4.69) is 34.3 Å². The number of oxazole rings is 1. The normalized spacial score (nSPS) is 12.0. The highest BCUT2D eigenvalue weighted by molar-refractivity contribution is 7.80. The largest absolute Gasteiger partial charge is 0.434 e. The summed E-state index contributed by atoms with van der Waals surface area (Å²) in [6.07, 6.45) is 6.85. The van der Waals surface area contributed by atoms with Gasteiger partial charge in [0.25, 0.3) is 0 Å². The molecule has 7 heteroatoms. The quantitative estimate of drug-likeness (QED) is 0.539. The van der Waals surface area contributed by atoms with Gasteiger partial charge in [0, 0.05) is 29.5 Å². The molecule has 0 aromatic carbocycles. The highest BCUT2D eigenvalue weighted by Gasteiger charge is 2.12. The van der Waals surface area contributed by atoms with Crippen LogP contribution in [0.5, 0.6) is 0 Å². The van der Waals surface area contributed by atoms with Crippen LogP contribution in [0.3, 0.4) is 0 Å². The number of allylic oxidation sites excluding steroid dienone is 4. The maximum atomic E-state index is 5.89. The second kappa shape index (κ2) is 8.53. The lowest BCUT2D eigenvalue weighted by Crippen LogP contribution is -2.00. The van der Waals surface area contributed by atoms with Crippen LogP contribution in [0.25, 0.3) is 16.8 Å². The fourth-order valence-electron chi connectivity index (χ4n) is 2.28. The first-order chi connectivity index (χ1) is 12.4. The average Bonchev–Trinajstić information content (AvgIpc) is 3.13. The molecule has 0 saturated carbocycles. The summed E-state index contributed by atoms with van der Waals surface area (Å²) in [7, 11) is 1.92. The lowest BCUT2D eigenvalue weighted by molar-refractivity contribution is 0.584. The van der Waals surface area contributed by atoms with Crippen molar-refractivity contribution in [2.75, 3.05) is 0 Å². The van der Waals surface area contributed by atoms with E-state index in [1.165, 1.54) is 0 Å². The van der Waals surface area contributed by atoms with Crippen molar-refractivity contribution in [2.45, 2.75) is 25.7 Å². The molecular formula is C19H23N5OS. The van der Waals surface area contributed by atoms with Crippen LogP contribution in [-0.2, 0) is 7.05 Å². The summed E-state index contributed by atoms with van der Waals surface area (Å²) in [6, 6.07) is 3.62. The predicted molar refractivity (Wildman–Crippen MR) is 108 cm³/mol. The number of hydrogen-bond acceptors (Lipinski definition) is 6. The molecule has 0 aliphatic heterocycles. The number of hydrogen-bond donors (Lipinski definition) is 2. The summed E-state index contributed by atoms with van der Waals surface area (Å²) >= 11 is 4.25. The maximum absolute atomic E-state index is 5.89. The van der Waals surface area contributed by atoms with E-state index in [0.29, 0.717) is 22.8 Å². The summed E-state index contributed by atoms with van der Waals surface area (Å²) in [4.78, 5) is 9.40. The molecule has 3 aromatic rings. The minimum Gasteiger partial charge on any atom is -0.434 e. The van der Waals surface area contributed by atoms with Gasteiger partial charge in [0.05, 0.1) is 11.3 Å². The van der Waals surface area contributed by atoms with Crippen molar-refractivity contribution in [3.8, 4) is 0 Å². The molecule has 136 valence electrons. The molecule has 0 saturated heterocycles. The van der Waals surface area contributed by atoms with Gasteiger partial charge in [-0.15, -0.1) is 12.6 Å². The standard InChI is InChI=1S/C13H13N3O.C6H10N2S/c1-3-6-10(14)9(4-2)13-16-12-11(17-13)7-5-8-15-12;1-4-6(9)5(2)8(3)7-4/h3-8H,1,14H2,2H3;9H,1-3H3/b9-4+,10-6+;. The smallest absolute Gasteiger partial charge is 0.230 e. The summed E-state index contributed by atoms with van der Waals surface area (Å²) in [6.45, 7) is 9.44. The van der Waals surface area contributed by atoms with E-state index < -0.39 is 0 Å². The molecule has 0 amide bonds. The summed E-state index contributed by atoms with van der Waals surface area (Å²) < 4.78 is 7.42. The highest BCUT2D eigenvalue weighted by atomic mass is 32.1. The SMILES string of the molecule is C=C/C=C(N)\C(=C/C)c1nc2ncccc2o1.Cc1nn(C)c(C)c1S. The lowest BCUT2D eigenvalue weighted by Gasteiger charge is -2.00. The minimum absolute atomic E-state index is 0.469. The first kappa shape index (κ1) is 19.5. The number of thiol groups is 1. The number of nitrogens with zero attached hydrogens (tertiary/aromatic N) is 4. The second-order valence-electron chi connectivity index (χ2n) is 5.55. The lowest BCUT2D eigenvalue weighted by atomic mass is 10.2. The van der Waals surface area contributed by atoms with Gasteiger partial charge in [0.15, 0.2) is 11.2 Å². The van der Waals surface area contributed by atoms with E-state index in [-0.39, 0.29) is 0 Å². The van der Waals surface area contributed by atoms with Crippen molar-refractivity contribution in [3.63, 3.8) is 0 Å². The van der Waals surface area contributed by atoms with Crippen molar-refractivity contribution < 1.29 is 4.42 Å². The summed E-state index contributed by atoms with van der Waals surface area (Å²) in [5.41, 5.74) is 10.5. The first-order valence-electron chi connectivity index (χ1n) is 8.05. The topological polar surface area (TPSA) is 82.8 Å². The van der Waals surface area contributed by atoms with Crippen LogP contribution in [0.15, 0.2) is 58.1 Å². The zero-order chi connectivity index (χ0) is 19.3. The zero-order valence-electron chi connectivity index (χ0n) is 15.4. The Morgan fingerprint density at radius 2 is 2.12 bits per heavy atom. The third-order valence-electron chi connectivity index (χ3n) is 3.76. The van der Waals surface area contributed by atoms with E-state index in [0.717, 1.165) is 21.9 Å². The molecule has 3 rings (SSSR count). The molecular weight excluding hydrogens is 346 g/mol. The fraction of sp³-hybridized carbons (Fsp3) is 0.211. The van der Waals surface area contributed by atoms with E-state index >= 15 is 0 Å². The molecule has 3 heterocycles. The molecule has 0 bridgehead atoms. The van der Waals surface area contributed by atoms with Crippen LogP contribution in [0.1, 0.15) is 24.2 Å². The van der Waals surface area contributed by atoms with Gasteiger partial charge in [-0.05, 0) is 39.0 Å². The Balaban J connectivity index is 0.000000228. The van der Waals surface area contributed by atoms with Gasteiger partial charge in [-0.1, -0.05) is 18.7 Å². The molecule has 0 spiro atoms. The van der Waals surface area contributed by atoms with Gasteiger partial charge < -0.3 is 10.2 Å². The minimum atomic E-state index is 0.469. The van der Waals surface area contributed by atoms with Crippen LogP contribution in [0.4, 0.5) is 0 Å². The van der Waals surface area contributed by atoms with Gasteiger partial charge >= 0.3 is 0 Å². The Labute approximate surface area is 158 Å². The molecule has 26 heavy (non-hydrogen) atoms. The summed E-state index contributed by atoms with van der Waals surface area (Å²) in [5.74, 6) is 0.469. The van der Waals surface area contributed by atoms with Crippen LogP contribution in [0.2, 0.25) is 0 Å². The third-order valence-corrected chi connectivity index (χ3v) is 4.41. The number of nitrogens with two attached hydrogens (primary N) is 1. The number of aromatic nitrogens is 4. The Hall–Kier alpha value is -2.80. The monoisotopic (exact) mass is 369 g/mol. The van der Waals surface area contributed by atoms with Gasteiger partial charge in [0.2, 0.25) is 5.89 Å². The van der Waals surface area contributed by atoms with Crippen molar-refractivity contribution in [1.29, 1.82) is 0 Å². The van der Waals surface area contributed by atoms with Crippen LogP contribution < -0.4 is 5.73 Å². The van der Waals surface area contributed by atoms with Gasteiger partial charge in [-0.2, -0.15) is 10.1 Å². The number of fused-ring (bicyclic) bond motifs is 1. The van der Waals surface area contributed by atoms with E-state index in [1.54, 1.807) is 24.4 Å². The predicted octanol–water partition coefficient (Wildman–Crippen LogP) is 3.98. The van der Waals surface area contributed by atoms with E-state index in [9.17, 15) is 0 Å². The van der Waals surface area contributed by atoms with Gasteiger partial charge in [0.1, 0.15) is 0 Å². The molecule has 0 atom stereocenters. The van der Waals surface area contributed by atoms with Crippen molar-refractivity contribution in [2.24, 2.45) is 12.8 Å². The van der Waals surface area contributed by atoms with Crippen molar-refractivity contribution >= 4 is 29.4 Å². The van der Waals surface area contributed by atoms with Crippen molar-refractivity contribution in [1.82, 2.24) is 19.7 Å². The van der Waals surface area contributed by atoms with Crippen molar-refractivity contribution in [3.05, 3.63) is 66.1 Å². The second-order valence-corrected chi connectivity index (χ2v) is 5.99. The molecule has 0 aliphatic rings. The molecule has 3 aromatic heterocycles. The van der Waals surface area contributed by atoms with E-state index in [1.807, 2.05) is 44.6 Å². The Morgan fingerprint density at radius 1 is 1.38 bits per heavy atom. The number of pyridine rings is 1. The Bertz CT molecular complexity index is 926. The maximum Gasteiger partial charge on any atom is 0.230 e. The molecule has 0 fully saturated rings. The molecule has 0 unspecified atom stereocenters. The van der Waals surface area contributed by atoms with Gasteiger partial charge in [-0.3, -0.25) is 4.68 Å². The molecule has 0 aliphatic carbocycles. The first-order valence-corrected chi connectivity index (χ1v) is 8.49. The average molecular weight is 369 g/mol. The summed E-state index contributed by atoms with van der Waals surface area (Å²) in [5, 5.41) is 4.15. The number of rotatable bonds is 3. The molecule has 2 N–H and O–H groups in total. The van der Waals surface area contributed by atoms with Crippen LogP contribution in [-0.4, -0.2) is 19.7 Å². The Kier molecular flexibility index (Phi) is 6.41. The highest BCUT2D eigenvalue weighted by Crippen LogP contribution is 2.22. The molecule has 0 radical (unpaired) electrons. The van der Waals surface area contributed by atoms with Crippen LogP contribution >= 0.6 is 12.6 Å². The van der Waals surface area contributed by atoms with Gasteiger partial charge in [-0.25, -0.2) is 4.98 Å². The Morgan fingerprint density at radius 3 is 2.58 bits per heavy atom. The van der Waals surface area contributed by atoms with E-state index in [4.69, 9.17) is 10.2 Å². The third kappa shape index (κ3) is 4.23. The zero-order valence-corrected chi connectivity index (χ0v) is 16.3.